The number of hydrogen-bond acceptors (Lipinski definition) is 3. The SMILES string of the molecule is O=Cc1cc(Cl)c(O)c(C(F)F)n1. The van der Waals surface area contributed by atoms with Gasteiger partial charge in [-0.3, -0.25) is 4.79 Å². The third-order valence-electron chi connectivity index (χ3n) is 1.32. The van der Waals surface area contributed by atoms with Gasteiger partial charge in [0.1, 0.15) is 5.69 Å². The standard InChI is InChI=1S/C7H4ClF2NO2/c8-4-1-3(2-12)11-5(6(4)13)7(9)10/h1-2,7,13H. The normalized spacial score (nSPS) is 10.5. The van der Waals surface area contributed by atoms with Crippen molar-refractivity contribution >= 4 is 17.9 Å². The van der Waals surface area contributed by atoms with Crippen LogP contribution in [0.4, 0.5) is 8.78 Å². The summed E-state index contributed by atoms with van der Waals surface area (Å²) in [6, 6.07) is 1.01. The summed E-state index contributed by atoms with van der Waals surface area (Å²) in [5, 5.41) is 8.68. The zero-order valence-corrected chi connectivity index (χ0v) is 6.92. The van der Waals surface area contributed by atoms with E-state index in [4.69, 9.17) is 16.7 Å². The van der Waals surface area contributed by atoms with Crippen LogP contribution in [0, 0.1) is 0 Å². The number of rotatable bonds is 2. The van der Waals surface area contributed by atoms with Gasteiger partial charge in [-0.15, -0.1) is 0 Å². The van der Waals surface area contributed by atoms with Crippen LogP contribution >= 0.6 is 11.6 Å². The molecule has 3 nitrogen and oxygen atoms in total. The second kappa shape index (κ2) is 3.66. The summed E-state index contributed by atoms with van der Waals surface area (Å²) in [6.45, 7) is 0. The first-order valence-corrected chi connectivity index (χ1v) is 3.56. The molecule has 1 rings (SSSR count). The lowest BCUT2D eigenvalue weighted by atomic mass is 10.3. The second-order valence-corrected chi connectivity index (χ2v) is 2.59. The van der Waals surface area contributed by atoms with Crippen molar-refractivity contribution in [3.63, 3.8) is 0 Å². The van der Waals surface area contributed by atoms with Gasteiger partial charge in [0.15, 0.2) is 17.7 Å². The van der Waals surface area contributed by atoms with Gasteiger partial charge in [-0.25, -0.2) is 13.8 Å². The minimum atomic E-state index is -2.96. The number of aromatic nitrogens is 1. The number of pyridine rings is 1. The van der Waals surface area contributed by atoms with Crippen LogP contribution < -0.4 is 0 Å². The maximum Gasteiger partial charge on any atom is 0.284 e. The molecule has 0 amide bonds. The van der Waals surface area contributed by atoms with Gasteiger partial charge < -0.3 is 5.11 Å². The summed E-state index contributed by atoms with van der Waals surface area (Å²) in [6.07, 6.45) is -2.69. The molecule has 0 spiro atoms. The Labute approximate surface area is 77.0 Å². The molecular weight excluding hydrogens is 204 g/mol. The number of aldehydes is 1. The van der Waals surface area contributed by atoms with E-state index in [1.807, 2.05) is 0 Å². The van der Waals surface area contributed by atoms with Crippen LogP contribution in [0.1, 0.15) is 22.6 Å². The molecule has 0 fully saturated rings. The Morgan fingerprint density at radius 3 is 2.69 bits per heavy atom. The van der Waals surface area contributed by atoms with Gasteiger partial charge in [-0.2, -0.15) is 0 Å². The molecule has 0 saturated carbocycles. The van der Waals surface area contributed by atoms with Crippen LogP contribution in [0.25, 0.3) is 0 Å². The number of aromatic hydroxyl groups is 1. The number of hydrogen-bond donors (Lipinski definition) is 1. The summed E-state index contributed by atoms with van der Waals surface area (Å²) in [5.74, 6) is -0.790. The average molecular weight is 208 g/mol. The maximum atomic E-state index is 12.1. The molecule has 0 bridgehead atoms. The first-order valence-electron chi connectivity index (χ1n) is 3.19. The Morgan fingerprint density at radius 2 is 2.23 bits per heavy atom. The van der Waals surface area contributed by atoms with E-state index in [1.54, 1.807) is 0 Å². The Morgan fingerprint density at radius 1 is 1.62 bits per heavy atom. The third kappa shape index (κ3) is 1.92. The number of carbonyl (C=O) groups is 1. The average Bonchev–Trinajstić information content (AvgIpc) is 2.09. The highest BCUT2D eigenvalue weighted by atomic mass is 35.5. The molecule has 0 saturated heterocycles. The molecule has 0 atom stereocenters. The summed E-state index contributed by atoms with van der Waals surface area (Å²) >= 11 is 5.36. The van der Waals surface area contributed by atoms with E-state index in [2.05, 4.69) is 4.98 Å². The van der Waals surface area contributed by atoms with Gasteiger partial charge >= 0.3 is 0 Å². The fraction of sp³-hybridized carbons (Fsp3) is 0.143. The molecule has 1 aromatic heterocycles. The summed E-state index contributed by atoms with van der Waals surface area (Å²) < 4.78 is 24.3. The lowest BCUT2D eigenvalue weighted by Crippen LogP contribution is -1.96. The largest absolute Gasteiger partial charge is 0.504 e. The van der Waals surface area contributed by atoms with Crippen molar-refractivity contribution in [1.29, 1.82) is 0 Å². The van der Waals surface area contributed by atoms with Crippen molar-refractivity contribution in [3.05, 3.63) is 22.5 Å². The molecule has 1 heterocycles. The van der Waals surface area contributed by atoms with Gasteiger partial charge in [-0.1, -0.05) is 11.6 Å². The quantitative estimate of drug-likeness (QED) is 0.757. The van der Waals surface area contributed by atoms with Crippen LogP contribution in [0.5, 0.6) is 5.75 Å². The molecule has 0 unspecified atom stereocenters. The fourth-order valence-electron chi connectivity index (χ4n) is 0.757. The number of nitrogens with zero attached hydrogens (tertiary/aromatic N) is 1. The Hall–Kier alpha value is -1.23. The molecule has 70 valence electrons. The molecule has 13 heavy (non-hydrogen) atoms. The van der Waals surface area contributed by atoms with Crippen LogP contribution in [0.15, 0.2) is 6.07 Å². The summed E-state index contributed by atoms with van der Waals surface area (Å²) in [4.78, 5) is 13.4. The molecule has 1 N–H and O–H groups in total. The highest BCUT2D eigenvalue weighted by molar-refractivity contribution is 6.32. The summed E-state index contributed by atoms with van der Waals surface area (Å²) in [5.41, 5.74) is -1.12. The van der Waals surface area contributed by atoms with Crippen molar-refractivity contribution in [3.8, 4) is 5.75 Å². The van der Waals surface area contributed by atoms with E-state index < -0.39 is 17.9 Å². The lowest BCUT2D eigenvalue weighted by Gasteiger charge is -2.04. The topological polar surface area (TPSA) is 50.2 Å². The van der Waals surface area contributed by atoms with E-state index in [0.29, 0.717) is 0 Å². The van der Waals surface area contributed by atoms with Gasteiger partial charge in [0.2, 0.25) is 0 Å². The predicted molar refractivity (Wildman–Crippen MR) is 41.3 cm³/mol. The predicted octanol–water partition coefficient (Wildman–Crippen LogP) is 2.19. The first kappa shape index (κ1) is 9.85. The maximum absolute atomic E-state index is 12.1. The first-order chi connectivity index (χ1) is 6.06. The van der Waals surface area contributed by atoms with E-state index in [1.165, 1.54) is 0 Å². The minimum Gasteiger partial charge on any atom is -0.504 e. The molecule has 0 aliphatic carbocycles. The molecule has 0 radical (unpaired) electrons. The second-order valence-electron chi connectivity index (χ2n) is 2.18. The van der Waals surface area contributed by atoms with Crippen LogP contribution in [0.3, 0.4) is 0 Å². The van der Waals surface area contributed by atoms with Gasteiger partial charge in [-0.05, 0) is 6.07 Å². The molecule has 1 aromatic rings. The Kier molecular flexibility index (Phi) is 2.77. The molecule has 0 aliphatic rings. The van der Waals surface area contributed by atoms with Crippen LogP contribution in [0.2, 0.25) is 5.02 Å². The monoisotopic (exact) mass is 207 g/mol. The van der Waals surface area contributed by atoms with Gasteiger partial charge in [0, 0.05) is 0 Å². The van der Waals surface area contributed by atoms with E-state index >= 15 is 0 Å². The van der Waals surface area contributed by atoms with Crippen molar-refractivity contribution < 1.29 is 18.7 Å². The Bertz CT molecular complexity index is 344. The van der Waals surface area contributed by atoms with Crippen molar-refractivity contribution in [2.45, 2.75) is 6.43 Å². The molecule has 0 aliphatic heterocycles. The number of alkyl halides is 2. The molecular formula is C7H4ClF2NO2. The number of carbonyl (C=O) groups excluding carboxylic acids is 1. The zero-order valence-electron chi connectivity index (χ0n) is 6.17. The fourth-order valence-corrected chi connectivity index (χ4v) is 0.966. The smallest absolute Gasteiger partial charge is 0.284 e. The van der Waals surface area contributed by atoms with E-state index in [-0.39, 0.29) is 17.0 Å². The highest BCUT2D eigenvalue weighted by Crippen LogP contribution is 2.32. The highest BCUT2D eigenvalue weighted by Gasteiger charge is 2.18. The minimum absolute atomic E-state index is 0.238. The van der Waals surface area contributed by atoms with Gasteiger partial charge in [0.25, 0.3) is 6.43 Å². The zero-order chi connectivity index (χ0) is 10.0. The van der Waals surface area contributed by atoms with Crippen molar-refractivity contribution in [2.75, 3.05) is 0 Å². The van der Waals surface area contributed by atoms with Gasteiger partial charge in [0.05, 0.1) is 5.02 Å². The number of halogens is 3. The summed E-state index contributed by atoms with van der Waals surface area (Å²) in [7, 11) is 0. The van der Waals surface area contributed by atoms with Crippen molar-refractivity contribution in [1.82, 2.24) is 4.98 Å². The van der Waals surface area contributed by atoms with Crippen molar-refractivity contribution in [2.24, 2.45) is 0 Å². The van der Waals surface area contributed by atoms with E-state index in [0.717, 1.165) is 6.07 Å². The van der Waals surface area contributed by atoms with E-state index in [9.17, 15) is 13.6 Å². The molecule has 0 aromatic carbocycles. The van der Waals surface area contributed by atoms with Crippen LogP contribution in [-0.4, -0.2) is 16.4 Å². The lowest BCUT2D eigenvalue weighted by molar-refractivity contribution is 0.111. The van der Waals surface area contributed by atoms with Crippen LogP contribution in [-0.2, 0) is 0 Å². The third-order valence-corrected chi connectivity index (χ3v) is 1.61. The Balaban J connectivity index is 3.32. The molecule has 6 heteroatoms.